The van der Waals surface area contributed by atoms with Crippen molar-refractivity contribution in [1.82, 2.24) is 4.31 Å². The maximum Gasteiger partial charge on any atom is 0.243 e. The Morgan fingerprint density at radius 3 is 2.63 bits per heavy atom. The van der Waals surface area contributed by atoms with Crippen LogP contribution in [0.2, 0.25) is 0 Å². The molecule has 0 aliphatic heterocycles. The first kappa shape index (κ1) is 15.4. The van der Waals surface area contributed by atoms with Crippen LogP contribution in [0.25, 0.3) is 0 Å². The van der Waals surface area contributed by atoms with Gasteiger partial charge in [-0.3, -0.25) is 0 Å². The van der Waals surface area contributed by atoms with E-state index in [1.54, 1.807) is 13.8 Å². The molecule has 1 rings (SSSR count). The molecule has 0 saturated heterocycles. The van der Waals surface area contributed by atoms with Gasteiger partial charge in [-0.25, -0.2) is 12.8 Å². The summed E-state index contributed by atoms with van der Waals surface area (Å²) < 4.78 is 38.8. The van der Waals surface area contributed by atoms with Crippen LogP contribution in [-0.4, -0.2) is 36.4 Å². The lowest BCUT2D eigenvalue weighted by atomic mass is 10.3. The Bertz CT molecular complexity index is 572. The molecule has 1 aromatic rings. The van der Waals surface area contributed by atoms with Crippen LogP contribution in [0.15, 0.2) is 34.3 Å². The van der Waals surface area contributed by atoms with E-state index in [1.165, 1.54) is 12.1 Å². The Balaban J connectivity index is 3.21. The lowest BCUT2D eigenvalue weighted by molar-refractivity contribution is 0.312. The predicted molar refractivity (Wildman–Crippen MR) is 68.8 cm³/mol. The summed E-state index contributed by atoms with van der Waals surface area (Å²) in [6.07, 6.45) is 0. The van der Waals surface area contributed by atoms with Crippen molar-refractivity contribution in [3.8, 4) is 0 Å². The maximum absolute atomic E-state index is 13.1. The number of amidine groups is 1. The van der Waals surface area contributed by atoms with Crippen LogP contribution < -0.4 is 5.73 Å². The van der Waals surface area contributed by atoms with Crippen LogP contribution in [-0.2, 0) is 10.0 Å². The quantitative estimate of drug-likeness (QED) is 0.365. The molecule has 8 heteroatoms. The summed E-state index contributed by atoms with van der Waals surface area (Å²) in [5, 5.41) is 11.3. The second kappa shape index (κ2) is 5.98. The van der Waals surface area contributed by atoms with Crippen molar-refractivity contribution in [3.63, 3.8) is 0 Å². The fourth-order valence-electron chi connectivity index (χ4n) is 1.50. The number of benzene rings is 1. The van der Waals surface area contributed by atoms with E-state index in [0.717, 1.165) is 16.4 Å². The Morgan fingerprint density at radius 1 is 1.53 bits per heavy atom. The molecular formula is C11H16FN3O3S. The molecule has 3 N–H and O–H groups in total. The van der Waals surface area contributed by atoms with E-state index in [-0.39, 0.29) is 17.3 Å². The van der Waals surface area contributed by atoms with Gasteiger partial charge in [0, 0.05) is 6.04 Å². The Labute approximate surface area is 111 Å². The van der Waals surface area contributed by atoms with Gasteiger partial charge in [-0.05, 0) is 32.0 Å². The number of nitrogens with zero attached hydrogens (tertiary/aromatic N) is 2. The Morgan fingerprint density at radius 2 is 2.16 bits per heavy atom. The van der Waals surface area contributed by atoms with Gasteiger partial charge in [-0.15, -0.1) is 0 Å². The highest BCUT2D eigenvalue weighted by molar-refractivity contribution is 7.89. The molecule has 1 aromatic carbocycles. The maximum atomic E-state index is 13.1. The van der Waals surface area contributed by atoms with Crippen LogP contribution in [0.3, 0.4) is 0 Å². The largest absolute Gasteiger partial charge is 0.409 e. The second-order valence-corrected chi connectivity index (χ2v) is 6.08. The van der Waals surface area contributed by atoms with E-state index >= 15 is 0 Å². The zero-order valence-corrected chi connectivity index (χ0v) is 11.4. The predicted octanol–water partition coefficient (Wildman–Crippen LogP) is 0.971. The van der Waals surface area contributed by atoms with E-state index in [9.17, 15) is 12.8 Å². The van der Waals surface area contributed by atoms with Crippen molar-refractivity contribution >= 4 is 15.9 Å². The molecule has 0 fully saturated rings. The first-order valence-electron chi connectivity index (χ1n) is 5.53. The number of hydrogen-bond donors (Lipinski definition) is 2. The minimum atomic E-state index is -3.91. The van der Waals surface area contributed by atoms with Crippen molar-refractivity contribution in [2.75, 3.05) is 6.54 Å². The SMILES string of the molecule is CC(C)N(CC(N)=NO)S(=O)(=O)c1cccc(F)c1. The molecule has 0 aliphatic carbocycles. The van der Waals surface area contributed by atoms with Crippen LogP contribution in [0, 0.1) is 5.82 Å². The number of oxime groups is 1. The summed E-state index contributed by atoms with van der Waals surface area (Å²) in [5.74, 6) is -0.887. The molecule has 0 aromatic heterocycles. The number of nitrogens with two attached hydrogens (primary N) is 1. The number of rotatable bonds is 5. The van der Waals surface area contributed by atoms with Gasteiger partial charge in [-0.1, -0.05) is 11.2 Å². The molecule has 19 heavy (non-hydrogen) atoms. The second-order valence-electron chi connectivity index (χ2n) is 4.19. The van der Waals surface area contributed by atoms with E-state index in [2.05, 4.69) is 5.16 Å². The van der Waals surface area contributed by atoms with Crippen LogP contribution in [0.4, 0.5) is 4.39 Å². The van der Waals surface area contributed by atoms with Crippen molar-refractivity contribution in [2.24, 2.45) is 10.9 Å². The third-order valence-corrected chi connectivity index (χ3v) is 4.44. The van der Waals surface area contributed by atoms with E-state index in [4.69, 9.17) is 10.9 Å². The van der Waals surface area contributed by atoms with E-state index in [0.29, 0.717) is 0 Å². The van der Waals surface area contributed by atoms with Crippen molar-refractivity contribution in [2.45, 2.75) is 24.8 Å². The molecule has 0 spiro atoms. The smallest absolute Gasteiger partial charge is 0.243 e. The Hall–Kier alpha value is -1.67. The lowest BCUT2D eigenvalue weighted by Crippen LogP contribution is -2.42. The van der Waals surface area contributed by atoms with Gasteiger partial charge in [0.2, 0.25) is 10.0 Å². The summed E-state index contributed by atoms with van der Waals surface area (Å²) in [7, 11) is -3.91. The minimum absolute atomic E-state index is 0.174. The molecule has 0 amide bonds. The lowest BCUT2D eigenvalue weighted by Gasteiger charge is -2.25. The molecule has 0 atom stereocenters. The molecule has 0 radical (unpaired) electrons. The normalized spacial score (nSPS) is 13.2. The summed E-state index contributed by atoms with van der Waals surface area (Å²) >= 11 is 0. The van der Waals surface area contributed by atoms with Gasteiger partial charge in [-0.2, -0.15) is 4.31 Å². The van der Waals surface area contributed by atoms with E-state index < -0.39 is 21.9 Å². The summed E-state index contributed by atoms with van der Waals surface area (Å²) in [6.45, 7) is 3.01. The summed E-state index contributed by atoms with van der Waals surface area (Å²) in [5.41, 5.74) is 5.34. The fourth-order valence-corrected chi connectivity index (χ4v) is 3.14. The average Bonchev–Trinajstić information content (AvgIpc) is 2.34. The molecule has 0 heterocycles. The van der Waals surface area contributed by atoms with Crippen molar-refractivity contribution in [1.29, 1.82) is 0 Å². The third-order valence-electron chi connectivity index (χ3n) is 2.42. The van der Waals surface area contributed by atoms with Gasteiger partial charge < -0.3 is 10.9 Å². The van der Waals surface area contributed by atoms with Gasteiger partial charge in [0.25, 0.3) is 0 Å². The topological polar surface area (TPSA) is 96.0 Å². The standard InChI is InChI=1S/C11H16FN3O3S/c1-8(2)15(7-11(13)14-16)19(17,18)10-5-3-4-9(12)6-10/h3-6,8,16H,7H2,1-2H3,(H2,13,14). The molecule has 0 unspecified atom stereocenters. The highest BCUT2D eigenvalue weighted by Gasteiger charge is 2.28. The molecule has 0 aliphatic rings. The molecule has 0 bridgehead atoms. The minimum Gasteiger partial charge on any atom is -0.409 e. The molecule has 6 nitrogen and oxygen atoms in total. The fraction of sp³-hybridized carbons (Fsp3) is 0.364. The highest BCUT2D eigenvalue weighted by atomic mass is 32.2. The van der Waals surface area contributed by atoms with Gasteiger partial charge in [0.15, 0.2) is 5.84 Å². The van der Waals surface area contributed by atoms with Crippen molar-refractivity contribution < 1.29 is 18.0 Å². The first-order chi connectivity index (χ1) is 8.78. The van der Waals surface area contributed by atoms with Crippen LogP contribution in [0.5, 0.6) is 0 Å². The average molecular weight is 289 g/mol. The molecule has 106 valence electrons. The molecular weight excluding hydrogens is 273 g/mol. The van der Waals surface area contributed by atoms with E-state index in [1.807, 2.05) is 0 Å². The number of hydrogen-bond acceptors (Lipinski definition) is 4. The number of sulfonamides is 1. The summed E-state index contributed by atoms with van der Waals surface area (Å²) in [4.78, 5) is -0.174. The van der Waals surface area contributed by atoms with Crippen molar-refractivity contribution in [3.05, 3.63) is 30.1 Å². The third kappa shape index (κ3) is 3.65. The van der Waals surface area contributed by atoms with Gasteiger partial charge in [0.05, 0.1) is 11.4 Å². The van der Waals surface area contributed by atoms with Crippen LogP contribution >= 0.6 is 0 Å². The molecule has 0 saturated carbocycles. The first-order valence-corrected chi connectivity index (χ1v) is 6.97. The van der Waals surface area contributed by atoms with Gasteiger partial charge in [0.1, 0.15) is 5.82 Å². The number of halogens is 1. The van der Waals surface area contributed by atoms with Crippen LogP contribution in [0.1, 0.15) is 13.8 Å². The Kier molecular flexibility index (Phi) is 4.84. The monoisotopic (exact) mass is 289 g/mol. The highest BCUT2D eigenvalue weighted by Crippen LogP contribution is 2.18. The zero-order chi connectivity index (χ0) is 14.6. The van der Waals surface area contributed by atoms with Gasteiger partial charge >= 0.3 is 0 Å². The summed E-state index contributed by atoms with van der Waals surface area (Å²) in [6, 6.07) is 4.26. The zero-order valence-electron chi connectivity index (χ0n) is 10.6.